The van der Waals surface area contributed by atoms with Crippen LogP contribution in [0.3, 0.4) is 0 Å². The minimum absolute atomic E-state index is 0.356. The van der Waals surface area contributed by atoms with Crippen LogP contribution >= 0.6 is 27.3 Å². The first-order valence-corrected chi connectivity index (χ1v) is 8.87. The molecule has 118 valence electrons. The predicted octanol–water partition coefficient (Wildman–Crippen LogP) is 4.77. The van der Waals surface area contributed by atoms with Crippen LogP contribution < -0.4 is 5.32 Å². The Morgan fingerprint density at radius 2 is 2.09 bits per heavy atom. The summed E-state index contributed by atoms with van der Waals surface area (Å²) in [6.45, 7) is 4.66. The van der Waals surface area contributed by atoms with Gasteiger partial charge in [-0.05, 0) is 42.2 Å². The van der Waals surface area contributed by atoms with Gasteiger partial charge in [0.05, 0.1) is 0 Å². The van der Waals surface area contributed by atoms with E-state index >= 15 is 0 Å². The van der Waals surface area contributed by atoms with Crippen molar-refractivity contribution < 1.29 is 9.90 Å². The first-order chi connectivity index (χ1) is 10.5. The normalized spacial score (nSPS) is 12.5. The van der Waals surface area contributed by atoms with Crippen molar-refractivity contribution in [2.24, 2.45) is 5.92 Å². The maximum Gasteiger partial charge on any atom is 0.320 e. The largest absolute Gasteiger partial charge is 0.480 e. The second kappa shape index (κ2) is 7.90. The number of carboxylic acid groups (broad SMARTS) is 1. The molecule has 1 aromatic carbocycles. The van der Waals surface area contributed by atoms with Crippen LogP contribution in [0.1, 0.15) is 25.1 Å². The van der Waals surface area contributed by atoms with Gasteiger partial charge in [0.25, 0.3) is 0 Å². The van der Waals surface area contributed by atoms with Crippen LogP contribution in [0.4, 0.5) is 0 Å². The maximum absolute atomic E-state index is 11.3. The van der Waals surface area contributed by atoms with Gasteiger partial charge < -0.3 is 5.11 Å². The highest BCUT2D eigenvalue weighted by Gasteiger charge is 2.18. The minimum atomic E-state index is -0.780. The lowest BCUT2D eigenvalue weighted by atomic mass is 10.0. The molecule has 0 spiro atoms. The Hall–Kier alpha value is -1.17. The molecule has 0 fully saturated rings. The lowest BCUT2D eigenvalue weighted by Crippen LogP contribution is -2.37. The average Bonchev–Trinajstić information content (AvgIpc) is 2.91. The van der Waals surface area contributed by atoms with Crippen molar-refractivity contribution in [3.8, 4) is 10.4 Å². The lowest BCUT2D eigenvalue weighted by Gasteiger charge is -2.15. The third-order valence-corrected chi connectivity index (χ3v) is 4.93. The smallest absolute Gasteiger partial charge is 0.320 e. The van der Waals surface area contributed by atoms with Crippen LogP contribution in [0, 0.1) is 5.92 Å². The van der Waals surface area contributed by atoms with Gasteiger partial charge in [0.2, 0.25) is 0 Å². The quantitative estimate of drug-likeness (QED) is 0.726. The van der Waals surface area contributed by atoms with Crippen LogP contribution in [-0.2, 0) is 11.3 Å². The number of rotatable bonds is 7. The maximum atomic E-state index is 11.3. The third kappa shape index (κ3) is 4.93. The molecule has 0 saturated carbocycles. The highest BCUT2D eigenvalue weighted by Crippen LogP contribution is 2.29. The molecule has 1 aromatic heterocycles. The van der Waals surface area contributed by atoms with Crippen molar-refractivity contribution in [3.63, 3.8) is 0 Å². The molecule has 3 nitrogen and oxygen atoms in total. The number of nitrogens with one attached hydrogen (secondary N) is 1. The number of halogens is 1. The molecule has 0 radical (unpaired) electrons. The molecule has 0 bridgehead atoms. The molecule has 0 aliphatic rings. The third-order valence-electron chi connectivity index (χ3n) is 3.30. The van der Waals surface area contributed by atoms with E-state index < -0.39 is 12.0 Å². The summed E-state index contributed by atoms with van der Waals surface area (Å²) >= 11 is 5.17. The Morgan fingerprint density at radius 3 is 2.73 bits per heavy atom. The van der Waals surface area contributed by atoms with Crippen molar-refractivity contribution in [1.29, 1.82) is 0 Å². The first-order valence-electron chi connectivity index (χ1n) is 7.26. The Kier molecular flexibility index (Phi) is 6.17. The van der Waals surface area contributed by atoms with Gasteiger partial charge >= 0.3 is 5.97 Å². The SMILES string of the molecule is CC(C)C[C@@H](NCc1ccc(-c2cccc(Br)c2)s1)C(=O)O. The highest BCUT2D eigenvalue weighted by molar-refractivity contribution is 9.10. The van der Waals surface area contributed by atoms with E-state index in [2.05, 4.69) is 45.5 Å². The number of benzene rings is 1. The lowest BCUT2D eigenvalue weighted by molar-refractivity contribution is -0.140. The van der Waals surface area contributed by atoms with Crippen molar-refractivity contribution in [2.75, 3.05) is 0 Å². The summed E-state index contributed by atoms with van der Waals surface area (Å²) in [7, 11) is 0. The van der Waals surface area contributed by atoms with Gasteiger partial charge in [-0.15, -0.1) is 11.3 Å². The molecular formula is C17H20BrNO2S. The molecule has 0 saturated heterocycles. The molecule has 1 atom stereocenters. The summed E-state index contributed by atoms with van der Waals surface area (Å²) in [6.07, 6.45) is 0.638. The van der Waals surface area contributed by atoms with Crippen LogP contribution in [0.5, 0.6) is 0 Å². The Labute approximate surface area is 143 Å². The number of thiophene rings is 1. The van der Waals surface area contributed by atoms with Gasteiger partial charge in [-0.1, -0.05) is 41.9 Å². The van der Waals surface area contributed by atoms with Crippen LogP contribution in [0.15, 0.2) is 40.9 Å². The van der Waals surface area contributed by atoms with Gasteiger partial charge in [-0.3, -0.25) is 10.1 Å². The second-order valence-electron chi connectivity index (χ2n) is 5.68. The molecule has 0 aliphatic carbocycles. The van der Waals surface area contributed by atoms with E-state index in [1.54, 1.807) is 11.3 Å². The molecule has 1 heterocycles. The standard InChI is InChI=1S/C17H20BrNO2S/c1-11(2)8-15(17(20)21)19-10-14-6-7-16(22-14)12-4-3-5-13(18)9-12/h3-7,9,11,15,19H,8,10H2,1-2H3,(H,20,21)/t15-/m1/s1. The zero-order chi connectivity index (χ0) is 16.1. The summed E-state index contributed by atoms with van der Waals surface area (Å²) in [4.78, 5) is 13.6. The van der Waals surface area contributed by atoms with Crippen molar-refractivity contribution in [2.45, 2.75) is 32.9 Å². The van der Waals surface area contributed by atoms with Crippen LogP contribution in [0.2, 0.25) is 0 Å². The number of carboxylic acids is 1. The molecule has 2 N–H and O–H groups in total. The van der Waals surface area contributed by atoms with E-state index in [4.69, 9.17) is 0 Å². The fourth-order valence-electron chi connectivity index (χ4n) is 2.24. The highest BCUT2D eigenvalue weighted by atomic mass is 79.9. The Morgan fingerprint density at radius 1 is 1.32 bits per heavy atom. The summed E-state index contributed by atoms with van der Waals surface area (Å²) < 4.78 is 1.06. The molecule has 0 amide bonds. The Bertz CT molecular complexity index is 639. The van der Waals surface area contributed by atoms with Crippen LogP contribution in [-0.4, -0.2) is 17.1 Å². The van der Waals surface area contributed by atoms with E-state index in [0.717, 1.165) is 9.35 Å². The number of carbonyl (C=O) groups is 1. The van der Waals surface area contributed by atoms with Crippen molar-refractivity contribution in [1.82, 2.24) is 5.32 Å². The van der Waals surface area contributed by atoms with Gasteiger partial charge in [0.1, 0.15) is 6.04 Å². The fraction of sp³-hybridized carbons (Fsp3) is 0.353. The summed E-state index contributed by atoms with van der Waals surface area (Å²) in [5, 5.41) is 12.4. The number of aliphatic carboxylic acids is 1. The molecule has 0 aliphatic heterocycles. The topological polar surface area (TPSA) is 49.3 Å². The Balaban J connectivity index is 2.01. The van der Waals surface area contributed by atoms with Crippen LogP contribution in [0.25, 0.3) is 10.4 Å². The molecule has 22 heavy (non-hydrogen) atoms. The second-order valence-corrected chi connectivity index (χ2v) is 7.76. The van der Waals surface area contributed by atoms with E-state index in [1.165, 1.54) is 10.4 Å². The van der Waals surface area contributed by atoms with Gasteiger partial charge in [-0.2, -0.15) is 0 Å². The molecular weight excluding hydrogens is 362 g/mol. The van der Waals surface area contributed by atoms with Gasteiger partial charge in [0, 0.05) is 20.8 Å². The molecule has 2 rings (SSSR count). The molecule has 2 aromatic rings. The van der Waals surface area contributed by atoms with E-state index in [1.807, 2.05) is 26.0 Å². The van der Waals surface area contributed by atoms with Gasteiger partial charge in [-0.25, -0.2) is 0 Å². The zero-order valence-corrected chi connectivity index (χ0v) is 15.1. The van der Waals surface area contributed by atoms with E-state index in [-0.39, 0.29) is 0 Å². The average molecular weight is 382 g/mol. The van der Waals surface area contributed by atoms with E-state index in [0.29, 0.717) is 18.9 Å². The van der Waals surface area contributed by atoms with Crippen molar-refractivity contribution >= 4 is 33.2 Å². The van der Waals surface area contributed by atoms with Crippen molar-refractivity contribution in [3.05, 3.63) is 45.7 Å². The molecule has 0 unspecified atom stereocenters. The monoisotopic (exact) mass is 381 g/mol. The molecule has 5 heteroatoms. The van der Waals surface area contributed by atoms with E-state index in [9.17, 15) is 9.90 Å². The summed E-state index contributed by atoms with van der Waals surface area (Å²) in [6, 6.07) is 11.8. The fourth-order valence-corrected chi connectivity index (χ4v) is 3.59. The van der Waals surface area contributed by atoms with Gasteiger partial charge in [0.15, 0.2) is 0 Å². The summed E-state index contributed by atoms with van der Waals surface area (Å²) in [5.74, 6) is -0.424. The number of hydrogen-bond acceptors (Lipinski definition) is 3. The minimum Gasteiger partial charge on any atom is -0.480 e. The summed E-state index contributed by atoms with van der Waals surface area (Å²) in [5.41, 5.74) is 1.17. The zero-order valence-electron chi connectivity index (χ0n) is 12.7. The predicted molar refractivity (Wildman–Crippen MR) is 95.2 cm³/mol. The first kappa shape index (κ1) is 17.2. The number of hydrogen-bond donors (Lipinski definition) is 2.